The molecule has 0 bridgehead atoms. The van der Waals surface area contributed by atoms with Crippen molar-refractivity contribution in [2.24, 2.45) is 11.8 Å². The van der Waals surface area contributed by atoms with E-state index >= 15 is 0 Å². The van der Waals surface area contributed by atoms with E-state index in [-0.39, 0.29) is 0 Å². The molecule has 0 aromatic carbocycles. The van der Waals surface area contributed by atoms with Gasteiger partial charge in [-0.1, -0.05) is 46.5 Å². The minimum absolute atomic E-state index is 0.755. The number of nitrogens with zero attached hydrogens (tertiary/aromatic N) is 1. The smallest absolute Gasteiger partial charge is 0.0251 e. The number of piperidine rings is 1. The van der Waals surface area contributed by atoms with Crippen LogP contribution in [0.3, 0.4) is 0 Å². The highest BCUT2D eigenvalue weighted by Crippen LogP contribution is 2.33. The fourth-order valence-electron chi connectivity index (χ4n) is 4.79. The minimum atomic E-state index is 0.755. The maximum atomic E-state index is 3.79. The summed E-state index contributed by atoms with van der Waals surface area (Å²) in [7, 11) is 0. The normalized spacial score (nSPS) is 32.4. The molecular formula is C19H38N2. The van der Waals surface area contributed by atoms with Gasteiger partial charge in [0.15, 0.2) is 0 Å². The summed E-state index contributed by atoms with van der Waals surface area (Å²) in [6.45, 7) is 10.8. The first kappa shape index (κ1) is 17.3. The topological polar surface area (TPSA) is 15.3 Å². The quantitative estimate of drug-likeness (QED) is 0.746. The van der Waals surface area contributed by atoms with Gasteiger partial charge in [-0.25, -0.2) is 0 Å². The van der Waals surface area contributed by atoms with Crippen molar-refractivity contribution in [1.29, 1.82) is 0 Å². The fourth-order valence-corrected chi connectivity index (χ4v) is 4.79. The summed E-state index contributed by atoms with van der Waals surface area (Å²) in [6.07, 6.45) is 12.8. The Morgan fingerprint density at radius 2 is 1.52 bits per heavy atom. The summed E-state index contributed by atoms with van der Waals surface area (Å²) in [5.41, 5.74) is 0. The highest BCUT2D eigenvalue weighted by molar-refractivity contribution is 4.92. The second kappa shape index (κ2) is 9.15. The van der Waals surface area contributed by atoms with Crippen LogP contribution in [-0.2, 0) is 0 Å². The van der Waals surface area contributed by atoms with Crippen LogP contribution >= 0.6 is 0 Å². The van der Waals surface area contributed by atoms with E-state index in [0.29, 0.717) is 0 Å². The molecule has 1 saturated heterocycles. The molecule has 1 N–H and O–H groups in total. The van der Waals surface area contributed by atoms with Crippen molar-refractivity contribution in [2.45, 2.75) is 90.6 Å². The first-order valence-electron chi connectivity index (χ1n) is 9.75. The van der Waals surface area contributed by atoms with Gasteiger partial charge in [-0.3, -0.25) is 4.90 Å². The molecule has 0 amide bonds. The van der Waals surface area contributed by atoms with Crippen molar-refractivity contribution in [3.8, 4) is 0 Å². The standard InChI is InChI=1S/C19H38N2/c1-4-7-16-11-13-21(14-12-16)19-15-17(8-5-2)9-10-18(19)20-6-3/h16-20H,4-15H2,1-3H3. The second-order valence-corrected chi connectivity index (χ2v) is 7.47. The van der Waals surface area contributed by atoms with Gasteiger partial charge in [-0.2, -0.15) is 0 Å². The molecule has 0 spiro atoms. The molecule has 2 rings (SSSR count). The number of rotatable bonds is 7. The number of hydrogen-bond acceptors (Lipinski definition) is 2. The fraction of sp³-hybridized carbons (Fsp3) is 1.00. The lowest BCUT2D eigenvalue weighted by atomic mass is 9.78. The summed E-state index contributed by atoms with van der Waals surface area (Å²) in [6, 6.07) is 1.57. The lowest BCUT2D eigenvalue weighted by Gasteiger charge is -2.45. The Morgan fingerprint density at radius 1 is 0.857 bits per heavy atom. The molecule has 1 saturated carbocycles. The lowest BCUT2D eigenvalue weighted by Crippen LogP contribution is -2.55. The number of hydrogen-bond donors (Lipinski definition) is 1. The van der Waals surface area contributed by atoms with Gasteiger partial charge in [0.25, 0.3) is 0 Å². The Morgan fingerprint density at radius 3 is 2.14 bits per heavy atom. The zero-order valence-electron chi connectivity index (χ0n) is 14.7. The summed E-state index contributed by atoms with van der Waals surface area (Å²) in [4.78, 5) is 2.85. The predicted molar refractivity (Wildman–Crippen MR) is 92.7 cm³/mol. The molecular weight excluding hydrogens is 256 g/mol. The van der Waals surface area contributed by atoms with Crippen LogP contribution in [-0.4, -0.2) is 36.6 Å². The van der Waals surface area contributed by atoms with Crippen LogP contribution in [0.15, 0.2) is 0 Å². The van der Waals surface area contributed by atoms with E-state index in [9.17, 15) is 0 Å². The summed E-state index contributed by atoms with van der Waals surface area (Å²) in [5, 5.41) is 3.79. The Kier molecular flexibility index (Phi) is 7.53. The van der Waals surface area contributed by atoms with Crippen molar-refractivity contribution in [3.05, 3.63) is 0 Å². The Labute approximate surface area is 133 Å². The van der Waals surface area contributed by atoms with E-state index in [4.69, 9.17) is 0 Å². The third kappa shape index (κ3) is 4.96. The molecule has 1 heterocycles. The number of likely N-dealkylation sites (N-methyl/N-ethyl adjacent to an activating group) is 1. The number of likely N-dealkylation sites (tertiary alicyclic amines) is 1. The summed E-state index contributed by atoms with van der Waals surface area (Å²) in [5.74, 6) is 2.00. The molecule has 0 aromatic rings. The van der Waals surface area contributed by atoms with Crippen molar-refractivity contribution >= 4 is 0 Å². The van der Waals surface area contributed by atoms with E-state index in [0.717, 1.165) is 30.5 Å². The molecule has 2 heteroatoms. The third-order valence-electron chi connectivity index (χ3n) is 5.90. The van der Waals surface area contributed by atoms with E-state index < -0.39 is 0 Å². The Hall–Kier alpha value is -0.0800. The van der Waals surface area contributed by atoms with Gasteiger partial charge in [0.05, 0.1) is 0 Å². The molecule has 1 aliphatic heterocycles. The first-order chi connectivity index (χ1) is 10.3. The zero-order chi connectivity index (χ0) is 15.1. The van der Waals surface area contributed by atoms with Crippen LogP contribution < -0.4 is 5.32 Å². The third-order valence-corrected chi connectivity index (χ3v) is 5.90. The monoisotopic (exact) mass is 294 g/mol. The minimum Gasteiger partial charge on any atom is -0.313 e. The van der Waals surface area contributed by atoms with Crippen LogP contribution in [0.25, 0.3) is 0 Å². The SMILES string of the molecule is CCCC1CCN(C2CC(CCC)CCC2NCC)CC1. The maximum absolute atomic E-state index is 3.79. The molecule has 21 heavy (non-hydrogen) atoms. The molecule has 2 fully saturated rings. The van der Waals surface area contributed by atoms with Gasteiger partial charge in [-0.15, -0.1) is 0 Å². The largest absolute Gasteiger partial charge is 0.313 e. The van der Waals surface area contributed by atoms with E-state index in [2.05, 4.69) is 31.0 Å². The Bertz CT molecular complexity index is 271. The van der Waals surface area contributed by atoms with Crippen LogP contribution in [0, 0.1) is 11.8 Å². The molecule has 0 radical (unpaired) electrons. The molecule has 2 nitrogen and oxygen atoms in total. The van der Waals surface area contributed by atoms with Crippen molar-refractivity contribution in [2.75, 3.05) is 19.6 Å². The first-order valence-corrected chi connectivity index (χ1v) is 9.75. The van der Waals surface area contributed by atoms with Crippen LogP contribution in [0.4, 0.5) is 0 Å². The summed E-state index contributed by atoms with van der Waals surface area (Å²) >= 11 is 0. The molecule has 124 valence electrons. The highest BCUT2D eigenvalue weighted by atomic mass is 15.2. The van der Waals surface area contributed by atoms with Crippen molar-refractivity contribution in [3.63, 3.8) is 0 Å². The molecule has 2 aliphatic rings. The average molecular weight is 295 g/mol. The zero-order valence-corrected chi connectivity index (χ0v) is 14.7. The molecule has 1 aliphatic carbocycles. The highest BCUT2D eigenvalue weighted by Gasteiger charge is 2.35. The van der Waals surface area contributed by atoms with Gasteiger partial charge in [0, 0.05) is 12.1 Å². The number of nitrogens with one attached hydrogen (secondary N) is 1. The van der Waals surface area contributed by atoms with Crippen LogP contribution in [0.2, 0.25) is 0 Å². The van der Waals surface area contributed by atoms with Crippen LogP contribution in [0.5, 0.6) is 0 Å². The average Bonchev–Trinajstić information content (AvgIpc) is 2.50. The van der Waals surface area contributed by atoms with Crippen molar-refractivity contribution in [1.82, 2.24) is 10.2 Å². The van der Waals surface area contributed by atoms with Gasteiger partial charge >= 0.3 is 0 Å². The lowest BCUT2D eigenvalue weighted by molar-refractivity contribution is 0.0621. The van der Waals surface area contributed by atoms with Crippen molar-refractivity contribution < 1.29 is 0 Å². The molecule has 3 unspecified atom stereocenters. The van der Waals surface area contributed by atoms with E-state index in [1.54, 1.807) is 0 Å². The Balaban J connectivity index is 1.89. The second-order valence-electron chi connectivity index (χ2n) is 7.47. The predicted octanol–water partition coefficient (Wildman–Crippen LogP) is 4.45. The van der Waals surface area contributed by atoms with Gasteiger partial charge in [0.1, 0.15) is 0 Å². The van der Waals surface area contributed by atoms with E-state index in [1.165, 1.54) is 70.9 Å². The van der Waals surface area contributed by atoms with Gasteiger partial charge in [-0.05, 0) is 63.6 Å². The van der Waals surface area contributed by atoms with Gasteiger partial charge in [0.2, 0.25) is 0 Å². The van der Waals surface area contributed by atoms with E-state index in [1.807, 2.05) is 0 Å². The molecule has 3 atom stereocenters. The van der Waals surface area contributed by atoms with Crippen LogP contribution in [0.1, 0.15) is 78.6 Å². The van der Waals surface area contributed by atoms with Gasteiger partial charge < -0.3 is 5.32 Å². The maximum Gasteiger partial charge on any atom is 0.0251 e. The summed E-state index contributed by atoms with van der Waals surface area (Å²) < 4.78 is 0. The molecule has 0 aromatic heterocycles.